The van der Waals surface area contributed by atoms with E-state index >= 15 is 0 Å². The number of pyridine rings is 1. The summed E-state index contributed by atoms with van der Waals surface area (Å²) in [6.07, 6.45) is 10.8. The summed E-state index contributed by atoms with van der Waals surface area (Å²) in [5.74, 6) is -0.172. The molecule has 3 rings (SSSR count). The number of amides is 3. The van der Waals surface area contributed by atoms with Crippen LogP contribution in [0, 0.1) is 5.92 Å². The van der Waals surface area contributed by atoms with Crippen molar-refractivity contribution in [2.75, 3.05) is 5.32 Å². The van der Waals surface area contributed by atoms with Crippen LogP contribution in [-0.4, -0.2) is 17.7 Å². The molecule has 7 nitrogen and oxygen atoms in total. The number of rotatable bonds is 7. The topological polar surface area (TPSA) is 91.2 Å². The molecule has 1 fully saturated rings. The van der Waals surface area contributed by atoms with Gasteiger partial charge in [0.15, 0.2) is 12.4 Å². The summed E-state index contributed by atoms with van der Waals surface area (Å²) in [5, 5.41) is 2.80. The van der Waals surface area contributed by atoms with E-state index in [0.29, 0.717) is 23.6 Å². The Morgan fingerprint density at radius 3 is 2.39 bits per heavy atom. The number of nitrogens with zero attached hydrogens (tertiary/aromatic N) is 1. The van der Waals surface area contributed by atoms with Crippen LogP contribution in [0.5, 0.6) is 0 Å². The fraction of sp³-hybridized carbons (Fsp3) is 0.391. The number of hydrogen-bond acceptors (Lipinski definition) is 3. The maximum absolute atomic E-state index is 12.3. The van der Waals surface area contributed by atoms with E-state index in [9.17, 15) is 14.4 Å². The van der Waals surface area contributed by atoms with Crippen LogP contribution in [0.25, 0.3) is 0 Å². The van der Waals surface area contributed by atoms with Gasteiger partial charge in [0.05, 0.1) is 0 Å². The minimum absolute atomic E-state index is 0. The van der Waals surface area contributed by atoms with Gasteiger partial charge in [0.25, 0.3) is 11.8 Å². The second-order valence-electron chi connectivity index (χ2n) is 7.72. The molecule has 0 unspecified atom stereocenters. The molecule has 2 aromatic rings. The molecule has 0 atom stereocenters. The molecule has 1 aromatic heterocycles. The van der Waals surface area contributed by atoms with Crippen LogP contribution in [0.15, 0.2) is 54.9 Å². The first kappa shape index (κ1) is 24.5. The van der Waals surface area contributed by atoms with E-state index in [-0.39, 0.29) is 35.3 Å². The van der Waals surface area contributed by atoms with Crippen molar-refractivity contribution in [1.82, 2.24) is 10.9 Å². The summed E-state index contributed by atoms with van der Waals surface area (Å²) in [6.45, 7) is 0.0732. The van der Waals surface area contributed by atoms with Crippen LogP contribution < -0.4 is 37.7 Å². The zero-order chi connectivity index (χ0) is 21.2. The molecule has 0 aliphatic heterocycles. The SMILES string of the molecule is O=C(CCC1CCCCC1)NNC(=O)c1ccc[n+](CC(=O)Nc2ccccc2)c1.[Br-]. The summed E-state index contributed by atoms with van der Waals surface area (Å²) in [5.41, 5.74) is 6.02. The van der Waals surface area contributed by atoms with Gasteiger partial charge in [-0.05, 0) is 30.5 Å². The monoisotopic (exact) mass is 488 g/mol. The summed E-state index contributed by atoms with van der Waals surface area (Å²) in [7, 11) is 0. The molecule has 1 aliphatic carbocycles. The molecular formula is C23H29BrN4O3. The molecule has 166 valence electrons. The van der Waals surface area contributed by atoms with Gasteiger partial charge in [0.1, 0.15) is 5.56 Å². The van der Waals surface area contributed by atoms with Gasteiger partial charge in [-0.15, -0.1) is 0 Å². The van der Waals surface area contributed by atoms with Gasteiger partial charge in [0.2, 0.25) is 12.5 Å². The van der Waals surface area contributed by atoms with E-state index in [1.165, 1.54) is 32.1 Å². The molecule has 1 aromatic carbocycles. The van der Waals surface area contributed by atoms with Crippen molar-refractivity contribution in [3.63, 3.8) is 0 Å². The summed E-state index contributed by atoms with van der Waals surface area (Å²) in [4.78, 5) is 36.6. The fourth-order valence-electron chi connectivity index (χ4n) is 3.71. The predicted octanol–water partition coefficient (Wildman–Crippen LogP) is -0.262. The standard InChI is InChI=1S/C23H28N4O3.BrH/c28-21(14-13-18-8-3-1-4-9-18)25-26-23(30)19-10-7-15-27(16-19)17-22(29)24-20-11-5-2-6-12-20;/h2,5-7,10-12,15-16,18H,1,3-4,8-9,13-14,17H2,(H2-,24,25,26,28,29,30);1H. The lowest BCUT2D eigenvalue weighted by molar-refractivity contribution is -0.684. The van der Waals surface area contributed by atoms with E-state index in [1.807, 2.05) is 30.3 Å². The highest BCUT2D eigenvalue weighted by molar-refractivity contribution is 5.95. The highest BCUT2D eigenvalue weighted by Gasteiger charge is 2.17. The van der Waals surface area contributed by atoms with Crippen LogP contribution in [-0.2, 0) is 16.1 Å². The van der Waals surface area contributed by atoms with E-state index < -0.39 is 5.91 Å². The Kier molecular flexibility index (Phi) is 10.2. The molecule has 0 bridgehead atoms. The quantitative estimate of drug-likeness (QED) is 0.370. The molecule has 0 radical (unpaired) electrons. The summed E-state index contributed by atoms with van der Waals surface area (Å²) < 4.78 is 1.62. The molecule has 1 aliphatic rings. The Hall–Kier alpha value is -2.74. The predicted molar refractivity (Wildman–Crippen MR) is 113 cm³/mol. The third-order valence-corrected chi connectivity index (χ3v) is 5.32. The van der Waals surface area contributed by atoms with Gasteiger partial charge in [0, 0.05) is 18.2 Å². The first-order valence-electron chi connectivity index (χ1n) is 10.5. The first-order chi connectivity index (χ1) is 14.6. The van der Waals surface area contributed by atoms with Crippen LogP contribution in [0.3, 0.4) is 0 Å². The number of hydrogen-bond donors (Lipinski definition) is 3. The minimum atomic E-state index is -0.418. The number of aromatic nitrogens is 1. The van der Waals surface area contributed by atoms with Crippen LogP contribution in [0.4, 0.5) is 5.69 Å². The zero-order valence-corrected chi connectivity index (χ0v) is 19.1. The summed E-state index contributed by atoms with van der Waals surface area (Å²) >= 11 is 0. The molecule has 1 heterocycles. The Balaban J connectivity index is 0.00000341. The Bertz CT molecular complexity index is 870. The van der Waals surface area contributed by atoms with Crippen LogP contribution >= 0.6 is 0 Å². The van der Waals surface area contributed by atoms with Gasteiger partial charge in [-0.1, -0.05) is 50.3 Å². The van der Waals surface area contributed by atoms with Gasteiger partial charge in [-0.2, -0.15) is 4.57 Å². The summed E-state index contributed by atoms with van der Waals surface area (Å²) in [6, 6.07) is 12.5. The first-order valence-corrected chi connectivity index (χ1v) is 10.5. The highest BCUT2D eigenvalue weighted by Crippen LogP contribution is 2.27. The normalized spacial score (nSPS) is 13.5. The lowest BCUT2D eigenvalue weighted by atomic mass is 9.86. The average Bonchev–Trinajstić information content (AvgIpc) is 2.77. The lowest BCUT2D eigenvalue weighted by Gasteiger charge is -2.20. The van der Waals surface area contributed by atoms with Gasteiger partial charge >= 0.3 is 0 Å². The van der Waals surface area contributed by atoms with Gasteiger partial charge < -0.3 is 22.3 Å². The molecule has 3 N–H and O–H groups in total. The smallest absolute Gasteiger partial charge is 0.290 e. The maximum Gasteiger partial charge on any atom is 0.290 e. The third kappa shape index (κ3) is 8.49. The highest BCUT2D eigenvalue weighted by atomic mass is 79.9. The number of halogens is 1. The van der Waals surface area contributed by atoms with Crippen molar-refractivity contribution >= 4 is 23.4 Å². The van der Waals surface area contributed by atoms with Gasteiger partial charge in [-0.25, -0.2) is 0 Å². The lowest BCUT2D eigenvalue weighted by Crippen LogP contribution is -3.00. The molecule has 0 saturated heterocycles. The van der Waals surface area contributed by atoms with Gasteiger partial charge in [-0.3, -0.25) is 25.2 Å². The van der Waals surface area contributed by atoms with E-state index in [0.717, 1.165) is 6.42 Å². The van der Waals surface area contributed by atoms with E-state index in [4.69, 9.17) is 0 Å². The second-order valence-corrected chi connectivity index (χ2v) is 7.72. The average molecular weight is 489 g/mol. The Labute approximate surface area is 193 Å². The zero-order valence-electron chi connectivity index (χ0n) is 17.5. The number of carbonyl (C=O) groups is 3. The molecule has 0 spiro atoms. The van der Waals surface area contributed by atoms with Crippen molar-refractivity contribution in [2.45, 2.75) is 51.5 Å². The van der Waals surface area contributed by atoms with E-state index in [2.05, 4.69) is 16.2 Å². The van der Waals surface area contributed by atoms with E-state index in [1.54, 1.807) is 29.1 Å². The van der Waals surface area contributed by atoms with Crippen molar-refractivity contribution in [3.05, 3.63) is 60.4 Å². The molecule has 1 saturated carbocycles. The number of carbonyl (C=O) groups excluding carboxylic acids is 3. The molecule has 3 amide bonds. The Morgan fingerprint density at radius 2 is 1.65 bits per heavy atom. The fourth-order valence-corrected chi connectivity index (χ4v) is 3.71. The molecule has 8 heteroatoms. The van der Waals surface area contributed by atoms with Crippen molar-refractivity contribution in [3.8, 4) is 0 Å². The number of anilines is 1. The minimum Gasteiger partial charge on any atom is -1.00 e. The van der Waals surface area contributed by atoms with Crippen molar-refractivity contribution in [1.29, 1.82) is 0 Å². The number of para-hydroxylation sites is 1. The number of benzene rings is 1. The molecule has 31 heavy (non-hydrogen) atoms. The third-order valence-electron chi connectivity index (χ3n) is 5.32. The maximum atomic E-state index is 12.3. The Morgan fingerprint density at radius 1 is 0.903 bits per heavy atom. The largest absolute Gasteiger partial charge is 1.00 e. The second kappa shape index (κ2) is 12.8. The van der Waals surface area contributed by atoms with Crippen molar-refractivity contribution < 1.29 is 35.9 Å². The van der Waals surface area contributed by atoms with Crippen LogP contribution in [0.1, 0.15) is 55.3 Å². The number of nitrogens with one attached hydrogen (secondary N) is 3. The number of hydrazine groups is 1. The molecular weight excluding hydrogens is 460 g/mol. The van der Waals surface area contributed by atoms with Crippen LogP contribution in [0.2, 0.25) is 0 Å². The van der Waals surface area contributed by atoms with Crippen molar-refractivity contribution in [2.24, 2.45) is 5.92 Å².